The number of nitrogens with two attached hydrogens (primary N) is 1. The summed E-state index contributed by atoms with van der Waals surface area (Å²) >= 11 is 5.85. The quantitative estimate of drug-likeness (QED) is 0.487. The van der Waals surface area contributed by atoms with Crippen molar-refractivity contribution in [3.8, 4) is 5.75 Å². The van der Waals surface area contributed by atoms with Gasteiger partial charge in [0, 0.05) is 17.3 Å². The van der Waals surface area contributed by atoms with E-state index < -0.39 is 35.5 Å². The fraction of sp³-hybridized carbons (Fsp3) is 0.200. The second kappa shape index (κ2) is 6.23. The Hall–Kier alpha value is -2.02. The number of halogens is 6. The molecule has 2 N–H and O–H groups in total. The van der Waals surface area contributed by atoms with E-state index in [1.54, 1.807) is 6.92 Å². The van der Waals surface area contributed by atoms with Crippen LogP contribution in [0.15, 0.2) is 24.3 Å². The van der Waals surface area contributed by atoms with Crippen molar-refractivity contribution in [3.05, 3.63) is 57.9 Å². The third kappa shape index (κ3) is 3.67. The highest BCUT2D eigenvalue weighted by molar-refractivity contribution is 6.32. The first-order valence-corrected chi connectivity index (χ1v) is 6.71. The van der Waals surface area contributed by atoms with Gasteiger partial charge < -0.3 is 10.5 Å². The summed E-state index contributed by atoms with van der Waals surface area (Å²) in [6, 6.07) is 3.13. The Balaban J connectivity index is 2.24. The van der Waals surface area contributed by atoms with Crippen LogP contribution in [0.25, 0.3) is 0 Å². The molecule has 2 nitrogen and oxygen atoms in total. The first-order valence-electron chi connectivity index (χ1n) is 6.33. The van der Waals surface area contributed by atoms with E-state index in [0.29, 0.717) is 5.56 Å². The molecule has 8 heteroatoms. The lowest BCUT2D eigenvalue weighted by Crippen LogP contribution is -2.24. The maximum Gasteiger partial charge on any atom is 0.306 e. The van der Waals surface area contributed by atoms with Crippen LogP contribution in [0.5, 0.6) is 5.75 Å². The van der Waals surface area contributed by atoms with E-state index in [1.807, 2.05) is 0 Å². The van der Waals surface area contributed by atoms with Crippen LogP contribution in [0.1, 0.15) is 11.1 Å². The van der Waals surface area contributed by atoms with E-state index in [2.05, 4.69) is 0 Å². The third-order valence-corrected chi connectivity index (χ3v) is 3.43. The average molecular weight is 352 g/mol. The predicted octanol–water partition coefficient (Wildman–Crippen LogP) is 4.82. The summed E-state index contributed by atoms with van der Waals surface area (Å²) < 4.78 is 71.8. The molecule has 0 spiro atoms. The molecule has 2 rings (SSSR count). The van der Waals surface area contributed by atoms with Gasteiger partial charge in [0.15, 0.2) is 24.1 Å². The topological polar surface area (TPSA) is 35.2 Å². The molecule has 124 valence electrons. The molecule has 0 atom stereocenters. The SMILES string of the molecule is Cc1cc(Cl)c(OCC(F)(F)c2cc(F)c(F)c(F)c2)cc1N. The van der Waals surface area contributed by atoms with Crippen LogP contribution in [-0.4, -0.2) is 6.61 Å². The molecule has 0 aliphatic carbocycles. The Bertz CT molecular complexity index is 728. The molecule has 0 saturated heterocycles. The molecule has 0 saturated carbocycles. The lowest BCUT2D eigenvalue weighted by Gasteiger charge is -2.19. The van der Waals surface area contributed by atoms with Crippen molar-refractivity contribution >= 4 is 17.3 Å². The van der Waals surface area contributed by atoms with Gasteiger partial charge in [-0.15, -0.1) is 0 Å². The summed E-state index contributed by atoms with van der Waals surface area (Å²) in [6.07, 6.45) is 0. The van der Waals surface area contributed by atoms with E-state index in [-0.39, 0.29) is 28.6 Å². The molecule has 0 unspecified atom stereocenters. The lowest BCUT2D eigenvalue weighted by molar-refractivity contribution is -0.0472. The predicted molar refractivity (Wildman–Crippen MR) is 76.3 cm³/mol. The van der Waals surface area contributed by atoms with E-state index in [9.17, 15) is 22.0 Å². The Morgan fingerprint density at radius 3 is 2.22 bits per heavy atom. The second-order valence-electron chi connectivity index (χ2n) is 4.89. The monoisotopic (exact) mass is 351 g/mol. The molecule has 0 aliphatic rings. The van der Waals surface area contributed by atoms with Gasteiger partial charge in [-0.2, -0.15) is 8.78 Å². The highest BCUT2D eigenvalue weighted by atomic mass is 35.5. The molecule has 0 bridgehead atoms. The van der Waals surface area contributed by atoms with E-state index in [4.69, 9.17) is 22.1 Å². The summed E-state index contributed by atoms with van der Waals surface area (Å²) in [6.45, 7) is 0.420. The van der Waals surface area contributed by atoms with E-state index in [1.165, 1.54) is 12.1 Å². The first kappa shape index (κ1) is 17.3. The molecule has 2 aromatic rings. The zero-order chi connectivity index (χ0) is 17.4. The molecule has 23 heavy (non-hydrogen) atoms. The average Bonchev–Trinajstić information content (AvgIpc) is 2.46. The minimum absolute atomic E-state index is 0.0592. The van der Waals surface area contributed by atoms with Crippen LogP contribution in [0, 0.1) is 24.4 Å². The maximum absolute atomic E-state index is 14.0. The van der Waals surface area contributed by atoms with Crippen LogP contribution in [0.2, 0.25) is 5.02 Å². The second-order valence-corrected chi connectivity index (χ2v) is 5.29. The minimum Gasteiger partial charge on any atom is -0.485 e. The molecule has 0 amide bonds. The summed E-state index contributed by atoms with van der Waals surface area (Å²) in [7, 11) is 0. The highest BCUT2D eigenvalue weighted by Gasteiger charge is 2.35. The molecule has 0 fully saturated rings. The van der Waals surface area contributed by atoms with Gasteiger partial charge in [0.05, 0.1) is 5.02 Å². The fourth-order valence-electron chi connectivity index (χ4n) is 1.80. The van der Waals surface area contributed by atoms with Crippen LogP contribution >= 0.6 is 11.6 Å². The molecule has 2 aromatic carbocycles. The van der Waals surface area contributed by atoms with Crippen molar-refractivity contribution in [2.75, 3.05) is 12.3 Å². The summed E-state index contributed by atoms with van der Waals surface area (Å²) in [5, 5.41) is 0.0592. The fourth-order valence-corrected chi connectivity index (χ4v) is 2.07. The Kier molecular flexibility index (Phi) is 4.70. The van der Waals surface area contributed by atoms with Crippen molar-refractivity contribution in [2.24, 2.45) is 0 Å². The van der Waals surface area contributed by atoms with E-state index >= 15 is 0 Å². The number of alkyl halides is 2. The standard InChI is InChI=1S/C15H11ClF5NO/c1-7-2-9(16)13(5-12(7)22)23-6-15(20,21)8-3-10(17)14(19)11(18)4-8/h2-5H,6,22H2,1H3. The first-order chi connectivity index (χ1) is 10.6. The van der Waals surface area contributed by atoms with Gasteiger partial charge in [0.2, 0.25) is 0 Å². The van der Waals surface area contributed by atoms with Crippen LogP contribution in [-0.2, 0) is 5.92 Å². The van der Waals surface area contributed by atoms with Gasteiger partial charge in [-0.3, -0.25) is 0 Å². The van der Waals surface area contributed by atoms with Crippen molar-refractivity contribution in [1.29, 1.82) is 0 Å². The molecule has 0 radical (unpaired) electrons. The molecule has 0 aliphatic heterocycles. The molecule has 0 heterocycles. The largest absolute Gasteiger partial charge is 0.485 e. The zero-order valence-electron chi connectivity index (χ0n) is 11.8. The number of benzene rings is 2. The van der Waals surface area contributed by atoms with E-state index in [0.717, 1.165) is 0 Å². The van der Waals surface area contributed by atoms with Crippen molar-refractivity contribution in [1.82, 2.24) is 0 Å². The smallest absolute Gasteiger partial charge is 0.306 e. The van der Waals surface area contributed by atoms with Gasteiger partial charge in [-0.05, 0) is 30.7 Å². The number of hydrogen-bond acceptors (Lipinski definition) is 2. The van der Waals surface area contributed by atoms with Crippen LogP contribution in [0.3, 0.4) is 0 Å². The Labute approximate surface area is 133 Å². The molecular formula is C15H11ClF5NO. The third-order valence-electron chi connectivity index (χ3n) is 3.14. The summed E-state index contributed by atoms with van der Waals surface area (Å²) in [4.78, 5) is 0. The number of hydrogen-bond donors (Lipinski definition) is 1. The lowest BCUT2D eigenvalue weighted by atomic mass is 10.1. The van der Waals surface area contributed by atoms with Gasteiger partial charge in [0.1, 0.15) is 5.75 Å². The Morgan fingerprint density at radius 2 is 1.65 bits per heavy atom. The zero-order valence-corrected chi connectivity index (χ0v) is 12.5. The molecule has 0 aromatic heterocycles. The number of nitrogen functional groups attached to an aromatic ring is 1. The Morgan fingerprint density at radius 1 is 1.09 bits per heavy atom. The van der Waals surface area contributed by atoms with Gasteiger partial charge in [0.25, 0.3) is 0 Å². The minimum atomic E-state index is -3.77. The van der Waals surface area contributed by atoms with Crippen molar-refractivity contribution in [2.45, 2.75) is 12.8 Å². The normalized spacial score (nSPS) is 11.6. The summed E-state index contributed by atoms with van der Waals surface area (Å²) in [5.41, 5.74) is 5.50. The van der Waals surface area contributed by atoms with Crippen molar-refractivity contribution < 1.29 is 26.7 Å². The number of rotatable bonds is 4. The van der Waals surface area contributed by atoms with Crippen molar-refractivity contribution in [3.63, 3.8) is 0 Å². The summed E-state index contributed by atoms with van der Waals surface area (Å²) in [5.74, 6) is -9.11. The highest BCUT2D eigenvalue weighted by Crippen LogP contribution is 2.34. The number of anilines is 1. The maximum atomic E-state index is 14.0. The van der Waals surface area contributed by atoms with Gasteiger partial charge >= 0.3 is 5.92 Å². The van der Waals surface area contributed by atoms with Gasteiger partial charge in [-0.1, -0.05) is 11.6 Å². The van der Waals surface area contributed by atoms with Crippen LogP contribution < -0.4 is 10.5 Å². The van der Waals surface area contributed by atoms with Gasteiger partial charge in [-0.25, -0.2) is 13.2 Å². The number of aryl methyl sites for hydroxylation is 1. The molecular weight excluding hydrogens is 341 g/mol. The number of ether oxygens (including phenoxy) is 1. The van der Waals surface area contributed by atoms with Crippen LogP contribution in [0.4, 0.5) is 27.6 Å².